The van der Waals surface area contributed by atoms with Crippen LogP contribution >= 0.6 is 0 Å². The quantitative estimate of drug-likeness (QED) is 0.919. The van der Waals surface area contributed by atoms with Gasteiger partial charge in [-0.2, -0.15) is 5.26 Å². The highest BCUT2D eigenvalue weighted by Crippen LogP contribution is 2.37. The Kier molecular flexibility index (Phi) is 3.73. The van der Waals surface area contributed by atoms with Gasteiger partial charge in [-0.15, -0.1) is 0 Å². The number of nitrogens with one attached hydrogen (secondary N) is 1. The van der Waals surface area contributed by atoms with Gasteiger partial charge in [-0.1, -0.05) is 6.07 Å². The van der Waals surface area contributed by atoms with E-state index in [-0.39, 0.29) is 11.8 Å². The number of hydrogen-bond donors (Lipinski definition) is 1. The molecule has 0 bridgehead atoms. The molecule has 0 aliphatic carbocycles. The van der Waals surface area contributed by atoms with Gasteiger partial charge in [0.15, 0.2) is 0 Å². The number of rotatable bonds is 2. The molecule has 0 fully saturated rings. The molecule has 124 valence electrons. The van der Waals surface area contributed by atoms with Crippen LogP contribution in [-0.4, -0.2) is 18.4 Å². The van der Waals surface area contributed by atoms with Gasteiger partial charge in [-0.05, 0) is 60.7 Å². The van der Waals surface area contributed by atoms with Crippen LogP contribution in [0.4, 0.5) is 11.4 Å². The molecule has 4 rings (SSSR count). The fourth-order valence-corrected chi connectivity index (χ4v) is 3.66. The third kappa shape index (κ3) is 2.76. The smallest absolute Gasteiger partial charge is 0.255 e. The van der Waals surface area contributed by atoms with Crippen LogP contribution < -0.4 is 10.2 Å². The summed E-state index contributed by atoms with van der Waals surface area (Å²) in [4.78, 5) is 26.5. The summed E-state index contributed by atoms with van der Waals surface area (Å²) in [7, 11) is 0. The number of amides is 2. The molecule has 0 radical (unpaired) electrons. The van der Waals surface area contributed by atoms with Crippen LogP contribution in [0.25, 0.3) is 0 Å². The predicted molar refractivity (Wildman–Crippen MR) is 94.5 cm³/mol. The second kappa shape index (κ2) is 6.06. The number of aryl methyl sites for hydroxylation is 2. The number of nitriles is 1. The van der Waals surface area contributed by atoms with Gasteiger partial charge in [0.1, 0.15) is 0 Å². The molecule has 2 heterocycles. The van der Waals surface area contributed by atoms with E-state index < -0.39 is 0 Å². The number of nitrogens with zero attached hydrogens (tertiary/aromatic N) is 2. The molecule has 25 heavy (non-hydrogen) atoms. The molecule has 0 aromatic heterocycles. The van der Waals surface area contributed by atoms with Crippen molar-refractivity contribution in [3.63, 3.8) is 0 Å². The minimum atomic E-state index is -0.233. The van der Waals surface area contributed by atoms with E-state index in [1.54, 1.807) is 24.3 Å². The van der Waals surface area contributed by atoms with Crippen molar-refractivity contribution in [3.8, 4) is 6.07 Å². The van der Waals surface area contributed by atoms with Crippen LogP contribution in [0.2, 0.25) is 0 Å². The highest BCUT2D eigenvalue weighted by molar-refractivity contribution is 6.05. The summed E-state index contributed by atoms with van der Waals surface area (Å²) >= 11 is 0. The largest absolute Gasteiger partial charge is 0.322 e. The second-order valence-electron chi connectivity index (χ2n) is 6.44. The van der Waals surface area contributed by atoms with Crippen LogP contribution in [0, 0.1) is 11.3 Å². The number of benzene rings is 2. The molecule has 2 aromatic carbocycles. The minimum absolute atomic E-state index is 0.193. The van der Waals surface area contributed by atoms with Gasteiger partial charge in [0.25, 0.3) is 5.91 Å². The molecule has 0 saturated heterocycles. The van der Waals surface area contributed by atoms with Gasteiger partial charge in [0, 0.05) is 24.2 Å². The first-order chi connectivity index (χ1) is 12.2. The topological polar surface area (TPSA) is 73.2 Å². The number of hydrogen-bond acceptors (Lipinski definition) is 3. The Bertz CT molecular complexity index is 910. The van der Waals surface area contributed by atoms with Crippen molar-refractivity contribution < 1.29 is 9.59 Å². The van der Waals surface area contributed by atoms with Crippen molar-refractivity contribution in [1.29, 1.82) is 5.26 Å². The van der Waals surface area contributed by atoms with Crippen molar-refractivity contribution in [3.05, 3.63) is 58.7 Å². The molecule has 2 amide bonds. The Morgan fingerprint density at radius 1 is 1.12 bits per heavy atom. The predicted octanol–water partition coefficient (Wildman–Crippen LogP) is 3.04. The van der Waals surface area contributed by atoms with Gasteiger partial charge in [0.05, 0.1) is 17.3 Å². The van der Waals surface area contributed by atoms with Crippen molar-refractivity contribution in [2.75, 3.05) is 16.8 Å². The first-order valence-corrected chi connectivity index (χ1v) is 8.43. The normalized spacial score (nSPS) is 15.3. The number of carbonyl (C=O) groups excluding carboxylic acids is 2. The number of carbonyl (C=O) groups is 2. The highest BCUT2D eigenvalue weighted by atomic mass is 16.2. The Morgan fingerprint density at radius 2 is 1.92 bits per heavy atom. The van der Waals surface area contributed by atoms with Gasteiger partial charge in [-0.25, -0.2) is 0 Å². The molecule has 0 spiro atoms. The molecule has 2 aliphatic heterocycles. The summed E-state index contributed by atoms with van der Waals surface area (Å²) in [6, 6.07) is 12.6. The fraction of sp³-hybridized carbons (Fsp3) is 0.250. The van der Waals surface area contributed by atoms with Gasteiger partial charge in [-0.3, -0.25) is 9.59 Å². The molecule has 1 N–H and O–H groups in total. The standard InChI is InChI=1S/C20H17N3O2/c21-12-13-3-1-4-16(9-13)20(25)22-17-10-14-5-2-8-23-18(24)7-6-15(11-17)19(14)23/h1,3-4,9-11H,2,5-8H2,(H,22,25). The highest BCUT2D eigenvalue weighted by Gasteiger charge is 2.29. The van der Waals surface area contributed by atoms with E-state index in [9.17, 15) is 9.59 Å². The van der Waals surface area contributed by atoms with Crippen LogP contribution in [0.15, 0.2) is 36.4 Å². The van der Waals surface area contributed by atoms with Crippen LogP contribution in [0.1, 0.15) is 39.9 Å². The first kappa shape index (κ1) is 15.4. The maximum atomic E-state index is 12.5. The average Bonchev–Trinajstić information content (AvgIpc) is 2.64. The molecule has 2 aromatic rings. The van der Waals surface area contributed by atoms with Crippen molar-refractivity contribution in [2.24, 2.45) is 0 Å². The fourth-order valence-electron chi connectivity index (χ4n) is 3.66. The lowest BCUT2D eigenvalue weighted by atomic mass is 9.91. The summed E-state index contributed by atoms with van der Waals surface area (Å²) < 4.78 is 0. The zero-order valence-electron chi connectivity index (χ0n) is 13.7. The minimum Gasteiger partial charge on any atom is -0.322 e. The van der Waals surface area contributed by atoms with E-state index in [1.165, 1.54) is 0 Å². The van der Waals surface area contributed by atoms with Crippen LogP contribution in [-0.2, 0) is 17.6 Å². The SMILES string of the molecule is N#Cc1cccc(C(=O)Nc2cc3c4c(c2)CCC(=O)N4CCC3)c1. The van der Waals surface area contributed by atoms with E-state index in [0.29, 0.717) is 24.0 Å². The molecule has 0 atom stereocenters. The Labute approximate surface area is 145 Å². The summed E-state index contributed by atoms with van der Waals surface area (Å²) in [5.74, 6) is -0.0395. The Morgan fingerprint density at radius 3 is 2.72 bits per heavy atom. The molecule has 0 unspecified atom stereocenters. The molecular formula is C20H17N3O2. The Balaban J connectivity index is 1.65. The lowest BCUT2D eigenvalue weighted by Gasteiger charge is -2.35. The zero-order chi connectivity index (χ0) is 17.4. The first-order valence-electron chi connectivity index (χ1n) is 8.43. The summed E-state index contributed by atoms with van der Waals surface area (Å²) in [5, 5.41) is 11.9. The maximum Gasteiger partial charge on any atom is 0.255 e. The van der Waals surface area contributed by atoms with E-state index in [0.717, 1.165) is 41.9 Å². The van der Waals surface area contributed by atoms with Crippen molar-refractivity contribution in [2.45, 2.75) is 25.7 Å². The monoisotopic (exact) mass is 331 g/mol. The van der Waals surface area contributed by atoms with E-state index in [2.05, 4.69) is 5.32 Å². The molecule has 5 heteroatoms. The molecular weight excluding hydrogens is 314 g/mol. The van der Waals surface area contributed by atoms with E-state index in [1.807, 2.05) is 23.1 Å². The molecule has 5 nitrogen and oxygen atoms in total. The average molecular weight is 331 g/mol. The lowest BCUT2D eigenvalue weighted by molar-refractivity contribution is -0.119. The summed E-state index contributed by atoms with van der Waals surface area (Å²) in [6.45, 7) is 0.783. The Hall–Kier alpha value is -3.13. The third-order valence-corrected chi connectivity index (χ3v) is 4.79. The molecule has 2 aliphatic rings. The maximum absolute atomic E-state index is 12.5. The van der Waals surface area contributed by atoms with Gasteiger partial charge >= 0.3 is 0 Å². The van der Waals surface area contributed by atoms with E-state index in [4.69, 9.17) is 5.26 Å². The van der Waals surface area contributed by atoms with Crippen molar-refractivity contribution in [1.82, 2.24) is 0 Å². The third-order valence-electron chi connectivity index (χ3n) is 4.79. The van der Waals surface area contributed by atoms with Gasteiger partial charge in [0.2, 0.25) is 5.91 Å². The van der Waals surface area contributed by atoms with Crippen LogP contribution in [0.3, 0.4) is 0 Å². The van der Waals surface area contributed by atoms with Crippen molar-refractivity contribution >= 4 is 23.2 Å². The molecule has 0 saturated carbocycles. The summed E-state index contributed by atoms with van der Waals surface area (Å²) in [5.41, 5.74) is 4.96. The lowest BCUT2D eigenvalue weighted by Crippen LogP contribution is -2.39. The second-order valence-corrected chi connectivity index (χ2v) is 6.44. The number of anilines is 2. The zero-order valence-corrected chi connectivity index (χ0v) is 13.7. The summed E-state index contributed by atoms with van der Waals surface area (Å²) in [6.07, 6.45) is 3.10. The van der Waals surface area contributed by atoms with Gasteiger partial charge < -0.3 is 10.2 Å². The van der Waals surface area contributed by atoms with Crippen LogP contribution in [0.5, 0.6) is 0 Å². The van der Waals surface area contributed by atoms with E-state index >= 15 is 0 Å².